The third kappa shape index (κ3) is 2.38. The number of fused-ring (bicyclic) bond motifs is 1. The summed E-state index contributed by atoms with van der Waals surface area (Å²) in [5.74, 6) is 2.16. The van der Waals surface area contributed by atoms with Crippen LogP contribution < -0.4 is 5.73 Å². The van der Waals surface area contributed by atoms with E-state index in [1.165, 1.54) is 32.4 Å². The molecule has 3 atom stereocenters. The zero-order valence-corrected chi connectivity index (χ0v) is 10.8. The molecule has 3 rings (SSSR count). The van der Waals surface area contributed by atoms with Gasteiger partial charge in [0, 0.05) is 25.7 Å². The second-order valence-electron chi connectivity index (χ2n) is 5.87. The maximum absolute atomic E-state index is 9.28. The number of rotatable bonds is 3. The number of aromatic hydroxyl groups is 1. The van der Waals surface area contributed by atoms with Crippen LogP contribution in [-0.2, 0) is 0 Å². The van der Waals surface area contributed by atoms with Crippen LogP contribution >= 0.6 is 0 Å². The predicted molar refractivity (Wildman–Crippen MR) is 72.3 cm³/mol. The number of phenolic OH excluding ortho intramolecular Hbond substituents is 1. The molecular weight excluding hydrogens is 224 g/mol. The SMILES string of the molecule is NC(CN1CC2CCCC2C1)c1ccc(O)cc1. The average molecular weight is 246 g/mol. The molecule has 0 radical (unpaired) electrons. The Labute approximate surface area is 109 Å². The zero-order chi connectivity index (χ0) is 12.5. The third-order valence-electron chi connectivity index (χ3n) is 4.58. The number of nitrogens with two attached hydrogens (primary N) is 1. The maximum atomic E-state index is 9.28. The summed E-state index contributed by atoms with van der Waals surface area (Å²) in [6.07, 6.45) is 4.25. The Kier molecular flexibility index (Phi) is 3.27. The molecule has 1 aliphatic carbocycles. The van der Waals surface area contributed by atoms with Gasteiger partial charge in [-0.1, -0.05) is 18.6 Å². The fraction of sp³-hybridized carbons (Fsp3) is 0.600. The van der Waals surface area contributed by atoms with Crippen molar-refractivity contribution in [3.63, 3.8) is 0 Å². The van der Waals surface area contributed by atoms with E-state index < -0.39 is 0 Å². The molecule has 1 aromatic rings. The lowest BCUT2D eigenvalue weighted by Crippen LogP contribution is -2.31. The van der Waals surface area contributed by atoms with Gasteiger partial charge in [-0.25, -0.2) is 0 Å². The Balaban J connectivity index is 1.58. The molecule has 1 heterocycles. The van der Waals surface area contributed by atoms with Crippen LogP contribution in [0.1, 0.15) is 30.9 Å². The fourth-order valence-corrected chi connectivity index (χ4v) is 3.59. The molecule has 0 spiro atoms. The molecule has 3 heteroatoms. The van der Waals surface area contributed by atoms with Gasteiger partial charge in [0.2, 0.25) is 0 Å². The molecule has 98 valence electrons. The number of hydrogen-bond donors (Lipinski definition) is 2. The Morgan fingerprint density at radius 1 is 1.17 bits per heavy atom. The number of hydrogen-bond acceptors (Lipinski definition) is 3. The van der Waals surface area contributed by atoms with Crippen molar-refractivity contribution in [2.45, 2.75) is 25.3 Å². The molecule has 0 amide bonds. The van der Waals surface area contributed by atoms with Crippen molar-refractivity contribution < 1.29 is 5.11 Å². The Morgan fingerprint density at radius 3 is 2.39 bits per heavy atom. The number of benzene rings is 1. The van der Waals surface area contributed by atoms with Gasteiger partial charge in [-0.3, -0.25) is 0 Å². The number of nitrogens with zero attached hydrogens (tertiary/aromatic N) is 1. The second-order valence-corrected chi connectivity index (χ2v) is 5.87. The van der Waals surface area contributed by atoms with E-state index in [2.05, 4.69) is 4.90 Å². The summed E-state index contributed by atoms with van der Waals surface area (Å²) in [7, 11) is 0. The molecule has 2 fully saturated rings. The summed E-state index contributed by atoms with van der Waals surface area (Å²) in [5.41, 5.74) is 7.37. The van der Waals surface area contributed by atoms with Crippen LogP contribution in [0.4, 0.5) is 0 Å². The van der Waals surface area contributed by atoms with Crippen molar-refractivity contribution in [3.05, 3.63) is 29.8 Å². The Hall–Kier alpha value is -1.06. The van der Waals surface area contributed by atoms with Gasteiger partial charge in [0.05, 0.1) is 0 Å². The first-order valence-electron chi connectivity index (χ1n) is 6.99. The predicted octanol–water partition coefficient (Wildman–Crippen LogP) is 2.12. The van der Waals surface area contributed by atoms with Gasteiger partial charge in [-0.2, -0.15) is 0 Å². The van der Waals surface area contributed by atoms with Crippen LogP contribution in [0.2, 0.25) is 0 Å². The minimum absolute atomic E-state index is 0.0597. The molecule has 0 aromatic heterocycles. The molecule has 2 aliphatic rings. The third-order valence-corrected chi connectivity index (χ3v) is 4.58. The van der Waals surface area contributed by atoms with E-state index >= 15 is 0 Å². The van der Waals surface area contributed by atoms with E-state index in [-0.39, 0.29) is 6.04 Å². The summed E-state index contributed by atoms with van der Waals surface area (Å²) in [4.78, 5) is 2.52. The highest BCUT2D eigenvalue weighted by atomic mass is 16.3. The molecule has 3 N–H and O–H groups in total. The molecule has 1 saturated heterocycles. The molecule has 3 nitrogen and oxygen atoms in total. The van der Waals surface area contributed by atoms with E-state index in [4.69, 9.17) is 5.73 Å². The van der Waals surface area contributed by atoms with Crippen molar-refractivity contribution in [1.29, 1.82) is 0 Å². The average Bonchev–Trinajstić information content (AvgIpc) is 2.90. The topological polar surface area (TPSA) is 49.5 Å². The van der Waals surface area contributed by atoms with Crippen molar-refractivity contribution in [1.82, 2.24) is 4.90 Å². The minimum atomic E-state index is 0.0597. The Bertz CT molecular complexity index is 391. The van der Waals surface area contributed by atoms with E-state index in [1.807, 2.05) is 12.1 Å². The standard InChI is InChI=1S/C15H22N2O/c16-15(11-4-6-14(18)7-5-11)10-17-8-12-2-1-3-13(12)9-17/h4-7,12-13,15,18H,1-3,8-10,16H2. The lowest BCUT2D eigenvalue weighted by atomic mass is 10.0. The molecule has 3 unspecified atom stereocenters. The normalized spacial score (nSPS) is 29.4. The summed E-state index contributed by atoms with van der Waals surface area (Å²) < 4.78 is 0. The van der Waals surface area contributed by atoms with Gasteiger partial charge in [0.15, 0.2) is 0 Å². The van der Waals surface area contributed by atoms with Crippen molar-refractivity contribution >= 4 is 0 Å². The largest absolute Gasteiger partial charge is 0.508 e. The van der Waals surface area contributed by atoms with Gasteiger partial charge in [-0.15, -0.1) is 0 Å². The van der Waals surface area contributed by atoms with E-state index in [9.17, 15) is 5.11 Å². The highest BCUT2D eigenvalue weighted by Crippen LogP contribution is 2.38. The van der Waals surface area contributed by atoms with Gasteiger partial charge < -0.3 is 15.7 Å². The van der Waals surface area contributed by atoms with Crippen molar-refractivity contribution in [2.75, 3.05) is 19.6 Å². The highest BCUT2D eigenvalue weighted by Gasteiger charge is 2.36. The summed E-state index contributed by atoms with van der Waals surface area (Å²) in [6.45, 7) is 3.41. The maximum Gasteiger partial charge on any atom is 0.115 e. The van der Waals surface area contributed by atoms with Gasteiger partial charge in [0.25, 0.3) is 0 Å². The lowest BCUT2D eigenvalue weighted by Gasteiger charge is -2.21. The summed E-state index contributed by atoms with van der Waals surface area (Å²) >= 11 is 0. The second kappa shape index (κ2) is 4.90. The zero-order valence-electron chi connectivity index (χ0n) is 10.8. The van der Waals surface area contributed by atoms with E-state index in [1.54, 1.807) is 12.1 Å². The van der Waals surface area contributed by atoms with E-state index in [0.29, 0.717) is 5.75 Å². The first-order valence-corrected chi connectivity index (χ1v) is 6.99. The van der Waals surface area contributed by atoms with E-state index in [0.717, 1.165) is 23.9 Å². The molecule has 1 aliphatic heterocycles. The van der Waals surface area contributed by atoms with Crippen LogP contribution in [0.25, 0.3) is 0 Å². The van der Waals surface area contributed by atoms with Crippen LogP contribution in [0.15, 0.2) is 24.3 Å². The van der Waals surface area contributed by atoms with Crippen LogP contribution in [-0.4, -0.2) is 29.6 Å². The van der Waals surface area contributed by atoms with Crippen molar-refractivity contribution in [3.8, 4) is 5.75 Å². The lowest BCUT2D eigenvalue weighted by molar-refractivity contribution is 0.292. The van der Waals surface area contributed by atoms with Crippen LogP contribution in [0, 0.1) is 11.8 Å². The monoisotopic (exact) mass is 246 g/mol. The molecule has 0 bridgehead atoms. The first-order chi connectivity index (χ1) is 8.72. The minimum Gasteiger partial charge on any atom is -0.508 e. The van der Waals surface area contributed by atoms with Crippen molar-refractivity contribution in [2.24, 2.45) is 17.6 Å². The smallest absolute Gasteiger partial charge is 0.115 e. The fourth-order valence-electron chi connectivity index (χ4n) is 3.59. The number of phenols is 1. The quantitative estimate of drug-likeness (QED) is 0.859. The van der Waals surface area contributed by atoms with Gasteiger partial charge >= 0.3 is 0 Å². The Morgan fingerprint density at radius 2 is 1.78 bits per heavy atom. The molecule has 1 saturated carbocycles. The van der Waals surface area contributed by atoms with Crippen LogP contribution in [0.3, 0.4) is 0 Å². The molecular formula is C15H22N2O. The van der Waals surface area contributed by atoms with Gasteiger partial charge in [0.1, 0.15) is 5.75 Å². The summed E-state index contributed by atoms with van der Waals surface area (Å²) in [5, 5.41) is 9.28. The molecule has 18 heavy (non-hydrogen) atoms. The number of likely N-dealkylation sites (tertiary alicyclic amines) is 1. The summed E-state index contributed by atoms with van der Waals surface area (Å²) in [6, 6.07) is 7.35. The van der Waals surface area contributed by atoms with Gasteiger partial charge in [-0.05, 0) is 42.4 Å². The first kappa shape index (κ1) is 12.0. The van der Waals surface area contributed by atoms with Crippen LogP contribution in [0.5, 0.6) is 5.75 Å². The highest BCUT2D eigenvalue weighted by molar-refractivity contribution is 5.28. The molecule has 1 aromatic carbocycles.